The van der Waals surface area contributed by atoms with E-state index in [0.29, 0.717) is 18.7 Å². The van der Waals surface area contributed by atoms with Crippen LogP contribution in [0.4, 0.5) is 54.0 Å². The molecule has 5 rings (SSSR count). The number of ether oxygens (including phenoxy) is 1. The lowest BCUT2D eigenvalue weighted by Crippen LogP contribution is -2.49. The minimum Gasteiger partial charge on any atom is -0.406 e. The minimum atomic E-state index is -4.89. The molecular weight excluding hydrogens is 652 g/mol. The van der Waals surface area contributed by atoms with Gasteiger partial charge in [0, 0.05) is 62.4 Å². The number of hydrogen-bond acceptors (Lipinski definition) is 7. The number of nitro groups is 1. The first-order valence-corrected chi connectivity index (χ1v) is 14.1. The van der Waals surface area contributed by atoms with E-state index in [1.165, 1.54) is 52.1 Å². The summed E-state index contributed by atoms with van der Waals surface area (Å²) >= 11 is 0. The SMILES string of the molecule is O=C(Nc1ccc(OC(F)(F)F)cc1)Nc1cn(Cc2ccc(C(F)(F)F)cc2)c(C(=O)N2CCN(c3ccc([N+](=O)[O-])cc3)CC2)n1. The molecule has 0 atom stereocenters. The molecule has 3 aromatic carbocycles. The molecule has 3 amide bonds. The molecular formula is C30H25F6N7O5. The molecule has 252 valence electrons. The van der Waals surface area contributed by atoms with Gasteiger partial charge in [0.15, 0.2) is 5.82 Å². The van der Waals surface area contributed by atoms with Crippen molar-refractivity contribution in [1.29, 1.82) is 0 Å². The van der Waals surface area contributed by atoms with E-state index < -0.39 is 40.7 Å². The highest BCUT2D eigenvalue weighted by molar-refractivity contribution is 6.00. The van der Waals surface area contributed by atoms with E-state index in [0.717, 1.165) is 30.0 Å². The molecule has 0 unspecified atom stereocenters. The van der Waals surface area contributed by atoms with E-state index in [1.54, 1.807) is 12.1 Å². The van der Waals surface area contributed by atoms with Gasteiger partial charge in [-0.25, -0.2) is 9.78 Å². The highest BCUT2D eigenvalue weighted by atomic mass is 19.4. The predicted octanol–water partition coefficient (Wildman–Crippen LogP) is 6.36. The van der Waals surface area contributed by atoms with Crippen LogP contribution in [0.2, 0.25) is 0 Å². The number of non-ortho nitro benzene ring substituents is 1. The van der Waals surface area contributed by atoms with Gasteiger partial charge in [0.2, 0.25) is 5.82 Å². The lowest BCUT2D eigenvalue weighted by molar-refractivity contribution is -0.384. The van der Waals surface area contributed by atoms with Crippen LogP contribution in [0.3, 0.4) is 0 Å². The molecule has 18 heteroatoms. The number of nitrogens with zero attached hydrogens (tertiary/aromatic N) is 5. The van der Waals surface area contributed by atoms with Crippen LogP contribution in [0.1, 0.15) is 21.7 Å². The van der Waals surface area contributed by atoms with Gasteiger partial charge in [-0.15, -0.1) is 13.2 Å². The summed E-state index contributed by atoms with van der Waals surface area (Å²) in [6, 6.07) is 13.8. The molecule has 0 saturated carbocycles. The molecule has 1 aromatic heterocycles. The summed E-state index contributed by atoms with van der Waals surface area (Å²) in [6.07, 6.45) is -8.10. The number of benzene rings is 3. The van der Waals surface area contributed by atoms with Crippen LogP contribution in [-0.4, -0.2) is 63.9 Å². The number of nitrogens with one attached hydrogen (secondary N) is 2. The number of hydrogen-bond donors (Lipinski definition) is 2. The summed E-state index contributed by atoms with van der Waals surface area (Å²) in [5.41, 5.74) is 0.356. The number of carbonyl (C=O) groups excluding carboxylic acids is 2. The van der Waals surface area contributed by atoms with E-state index in [-0.39, 0.29) is 42.7 Å². The van der Waals surface area contributed by atoms with E-state index in [1.807, 2.05) is 4.90 Å². The standard InChI is InChI=1S/C30H25F6N7O5/c31-29(32,33)20-3-1-19(2-4-20)17-42-18-25(39-28(45)37-21-5-11-24(12-6-21)48-30(34,35)36)38-26(42)27(44)41-15-13-40(14-16-41)22-7-9-23(10-8-22)43(46)47/h1-12,18H,13-17H2,(H2,37,39,45). The number of nitro benzene ring substituents is 1. The smallest absolute Gasteiger partial charge is 0.406 e. The van der Waals surface area contributed by atoms with E-state index in [4.69, 9.17) is 0 Å². The first kappa shape index (κ1) is 33.6. The predicted molar refractivity (Wildman–Crippen MR) is 160 cm³/mol. The van der Waals surface area contributed by atoms with Gasteiger partial charge in [-0.1, -0.05) is 12.1 Å². The average molecular weight is 678 g/mol. The summed E-state index contributed by atoms with van der Waals surface area (Å²) in [7, 11) is 0. The van der Waals surface area contributed by atoms with Crippen LogP contribution in [-0.2, 0) is 12.7 Å². The fraction of sp³-hybridized carbons (Fsp3) is 0.233. The number of piperazine rings is 1. The number of urea groups is 1. The van der Waals surface area contributed by atoms with Crippen LogP contribution in [0.5, 0.6) is 5.75 Å². The van der Waals surface area contributed by atoms with Gasteiger partial charge in [0.05, 0.1) is 10.5 Å². The van der Waals surface area contributed by atoms with Crippen LogP contribution in [0.15, 0.2) is 79.0 Å². The van der Waals surface area contributed by atoms with Gasteiger partial charge >= 0.3 is 18.6 Å². The number of alkyl halides is 6. The number of halogens is 6. The normalized spacial score (nSPS) is 13.6. The maximum absolute atomic E-state index is 13.7. The number of amides is 3. The number of rotatable bonds is 8. The van der Waals surface area contributed by atoms with E-state index in [9.17, 15) is 46.0 Å². The van der Waals surface area contributed by atoms with Gasteiger partial charge < -0.3 is 24.4 Å². The number of anilines is 3. The first-order chi connectivity index (χ1) is 22.6. The quantitative estimate of drug-likeness (QED) is 0.126. The summed E-state index contributed by atoms with van der Waals surface area (Å²) in [4.78, 5) is 44.5. The number of aromatic nitrogens is 2. The highest BCUT2D eigenvalue weighted by Crippen LogP contribution is 2.30. The van der Waals surface area contributed by atoms with Crippen molar-refractivity contribution in [1.82, 2.24) is 14.5 Å². The molecule has 0 radical (unpaired) electrons. The van der Waals surface area contributed by atoms with Crippen LogP contribution >= 0.6 is 0 Å². The Kier molecular flexibility index (Phi) is 9.44. The Balaban J connectivity index is 1.30. The van der Waals surface area contributed by atoms with Crippen LogP contribution in [0.25, 0.3) is 0 Å². The Bertz CT molecular complexity index is 1770. The Morgan fingerprint density at radius 1 is 0.854 bits per heavy atom. The van der Waals surface area contributed by atoms with Crippen molar-refractivity contribution in [3.05, 3.63) is 106 Å². The Morgan fingerprint density at radius 3 is 2.04 bits per heavy atom. The molecule has 2 N–H and O–H groups in total. The van der Waals surface area contributed by atoms with Gasteiger partial charge in [-0.2, -0.15) is 13.2 Å². The zero-order valence-corrected chi connectivity index (χ0v) is 24.6. The van der Waals surface area contributed by atoms with Gasteiger partial charge in [-0.05, 0) is 54.1 Å². The molecule has 1 saturated heterocycles. The Hall–Kier alpha value is -5.81. The molecule has 48 heavy (non-hydrogen) atoms. The third kappa shape index (κ3) is 8.51. The summed E-state index contributed by atoms with van der Waals surface area (Å²) in [5.74, 6) is -1.20. The average Bonchev–Trinajstić information content (AvgIpc) is 3.42. The van der Waals surface area contributed by atoms with Crippen molar-refractivity contribution < 1.29 is 45.6 Å². The fourth-order valence-corrected chi connectivity index (χ4v) is 4.88. The summed E-state index contributed by atoms with van der Waals surface area (Å²) < 4.78 is 81.7. The molecule has 12 nitrogen and oxygen atoms in total. The second kappa shape index (κ2) is 13.5. The lowest BCUT2D eigenvalue weighted by atomic mass is 10.1. The molecule has 1 fully saturated rings. The molecule has 0 aliphatic carbocycles. The third-order valence-corrected chi connectivity index (χ3v) is 7.18. The van der Waals surface area contributed by atoms with Crippen molar-refractivity contribution in [2.45, 2.75) is 19.1 Å². The molecule has 0 bridgehead atoms. The molecule has 1 aliphatic rings. The molecule has 2 heterocycles. The van der Waals surface area contributed by atoms with E-state index >= 15 is 0 Å². The Morgan fingerprint density at radius 2 is 1.48 bits per heavy atom. The molecule has 4 aromatic rings. The largest absolute Gasteiger partial charge is 0.573 e. The highest BCUT2D eigenvalue weighted by Gasteiger charge is 2.32. The monoisotopic (exact) mass is 677 g/mol. The minimum absolute atomic E-state index is 0.0565. The van der Waals surface area contributed by atoms with Crippen molar-refractivity contribution in [3.63, 3.8) is 0 Å². The van der Waals surface area contributed by atoms with Gasteiger partial charge in [0.1, 0.15) is 5.75 Å². The van der Waals surface area contributed by atoms with Gasteiger partial charge in [-0.3, -0.25) is 20.2 Å². The maximum Gasteiger partial charge on any atom is 0.573 e. The third-order valence-electron chi connectivity index (χ3n) is 7.18. The Labute approximate surface area is 267 Å². The van der Waals surface area contributed by atoms with Crippen molar-refractivity contribution in [2.24, 2.45) is 0 Å². The first-order valence-electron chi connectivity index (χ1n) is 14.1. The van der Waals surface area contributed by atoms with Crippen molar-refractivity contribution in [3.8, 4) is 5.75 Å². The maximum atomic E-state index is 13.7. The lowest BCUT2D eigenvalue weighted by Gasteiger charge is -2.36. The molecule has 1 aliphatic heterocycles. The number of imidazole rings is 1. The fourth-order valence-electron chi connectivity index (χ4n) is 4.88. The van der Waals surface area contributed by atoms with Crippen molar-refractivity contribution in [2.75, 3.05) is 41.7 Å². The van der Waals surface area contributed by atoms with E-state index in [2.05, 4.69) is 20.4 Å². The second-order valence-corrected chi connectivity index (χ2v) is 10.5. The summed E-state index contributed by atoms with van der Waals surface area (Å²) in [6.45, 7) is 1.21. The zero-order valence-electron chi connectivity index (χ0n) is 24.6. The van der Waals surface area contributed by atoms with Crippen LogP contribution < -0.4 is 20.3 Å². The molecule has 0 spiro atoms. The second-order valence-electron chi connectivity index (χ2n) is 10.5. The van der Waals surface area contributed by atoms with Crippen LogP contribution in [0, 0.1) is 10.1 Å². The van der Waals surface area contributed by atoms with Crippen molar-refractivity contribution >= 4 is 34.8 Å². The zero-order chi connectivity index (χ0) is 34.6. The van der Waals surface area contributed by atoms with Gasteiger partial charge in [0.25, 0.3) is 11.6 Å². The summed E-state index contributed by atoms with van der Waals surface area (Å²) in [5, 5.41) is 15.8. The topological polar surface area (TPSA) is 135 Å². The number of carbonyl (C=O) groups is 2.